The molecule has 4 N–H and O–H groups in total. The van der Waals surface area contributed by atoms with E-state index in [9.17, 15) is 27.6 Å². The average Bonchev–Trinajstić information content (AvgIpc) is 2.74. The van der Waals surface area contributed by atoms with Gasteiger partial charge in [0.2, 0.25) is 17.8 Å². The van der Waals surface area contributed by atoms with Crippen LogP contribution in [0.1, 0.15) is 29.0 Å². The molecular weight excluding hydrogens is 439 g/mol. The number of anilines is 4. The standard InChI is InChI=1S/C22H18F3N5O3/c1-11-5-2-3-8-15(11)27-19(32)14-10-16(31)28-18-17(14)20(33)30-21(29-18)26-13-7-4-6-12(9-13)22(23,24)25/h2-9,14H,10H2,1H3,(H,27,32)(H3,26,28,29,30,31,33)/t14-/m0/s1. The predicted molar refractivity (Wildman–Crippen MR) is 115 cm³/mol. The first-order chi connectivity index (χ1) is 15.6. The van der Waals surface area contributed by atoms with Crippen LogP contribution in [0.4, 0.5) is 36.3 Å². The number of aromatic nitrogens is 2. The molecule has 4 rings (SSSR count). The molecule has 170 valence electrons. The Morgan fingerprint density at radius 2 is 1.88 bits per heavy atom. The third-order valence-corrected chi connectivity index (χ3v) is 5.12. The summed E-state index contributed by atoms with van der Waals surface area (Å²) < 4.78 is 38.9. The molecule has 2 aromatic carbocycles. The summed E-state index contributed by atoms with van der Waals surface area (Å²) in [5.74, 6) is -2.47. The van der Waals surface area contributed by atoms with Crippen LogP contribution in [0.2, 0.25) is 0 Å². The highest BCUT2D eigenvalue weighted by molar-refractivity contribution is 6.04. The van der Waals surface area contributed by atoms with Gasteiger partial charge in [-0.2, -0.15) is 18.2 Å². The molecule has 0 radical (unpaired) electrons. The summed E-state index contributed by atoms with van der Waals surface area (Å²) in [6.45, 7) is 1.80. The number of hydrogen-bond donors (Lipinski definition) is 4. The first kappa shape index (κ1) is 22.1. The van der Waals surface area contributed by atoms with E-state index in [1.54, 1.807) is 25.1 Å². The lowest BCUT2D eigenvalue weighted by Crippen LogP contribution is -2.36. The molecule has 2 amide bonds. The summed E-state index contributed by atoms with van der Waals surface area (Å²) in [5, 5.41) is 7.77. The van der Waals surface area contributed by atoms with Crippen molar-refractivity contribution in [1.82, 2.24) is 9.97 Å². The fourth-order valence-corrected chi connectivity index (χ4v) is 3.50. The molecule has 0 spiro atoms. The highest BCUT2D eigenvalue weighted by Gasteiger charge is 2.35. The van der Waals surface area contributed by atoms with E-state index in [1.165, 1.54) is 12.1 Å². The summed E-state index contributed by atoms with van der Waals surface area (Å²) in [4.78, 5) is 44.4. The maximum Gasteiger partial charge on any atom is 0.416 e. The number of benzene rings is 2. The lowest BCUT2D eigenvalue weighted by molar-refractivity contribution is -0.137. The first-order valence-electron chi connectivity index (χ1n) is 9.86. The Morgan fingerprint density at radius 1 is 1.12 bits per heavy atom. The van der Waals surface area contributed by atoms with Gasteiger partial charge < -0.3 is 16.0 Å². The number of H-pyrrole nitrogens is 1. The topological polar surface area (TPSA) is 116 Å². The monoisotopic (exact) mass is 457 g/mol. The zero-order valence-electron chi connectivity index (χ0n) is 17.2. The van der Waals surface area contributed by atoms with Gasteiger partial charge in [0.25, 0.3) is 5.56 Å². The number of para-hydroxylation sites is 1. The number of aromatic amines is 1. The van der Waals surface area contributed by atoms with Crippen molar-refractivity contribution in [2.75, 3.05) is 16.0 Å². The molecular formula is C22H18F3N5O3. The van der Waals surface area contributed by atoms with E-state index in [0.29, 0.717) is 5.69 Å². The van der Waals surface area contributed by atoms with Gasteiger partial charge in [0, 0.05) is 17.8 Å². The number of aryl methyl sites for hydroxylation is 1. The van der Waals surface area contributed by atoms with E-state index in [2.05, 4.69) is 25.9 Å². The van der Waals surface area contributed by atoms with Crippen LogP contribution >= 0.6 is 0 Å². The van der Waals surface area contributed by atoms with Gasteiger partial charge in [0.1, 0.15) is 5.82 Å². The quantitative estimate of drug-likeness (QED) is 0.474. The van der Waals surface area contributed by atoms with Gasteiger partial charge in [-0.05, 0) is 36.8 Å². The number of rotatable bonds is 4. The van der Waals surface area contributed by atoms with Gasteiger partial charge >= 0.3 is 6.18 Å². The van der Waals surface area contributed by atoms with E-state index in [-0.39, 0.29) is 29.4 Å². The number of fused-ring (bicyclic) bond motifs is 1. The zero-order valence-corrected chi connectivity index (χ0v) is 17.2. The van der Waals surface area contributed by atoms with Gasteiger partial charge in [0.15, 0.2) is 0 Å². The van der Waals surface area contributed by atoms with E-state index in [4.69, 9.17) is 0 Å². The van der Waals surface area contributed by atoms with Crippen LogP contribution in [0, 0.1) is 6.92 Å². The number of carbonyl (C=O) groups is 2. The van der Waals surface area contributed by atoms with E-state index in [0.717, 1.165) is 17.7 Å². The number of nitrogens with one attached hydrogen (secondary N) is 4. The molecule has 0 fully saturated rings. The summed E-state index contributed by atoms with van der Waals surface area (Å²) in [6, 6.07) is 11.4. The fraction of sp³-hybridized carbons (Fsp3) is 0.182. The van der Waals surface area contributed by atoms with E-state index >= 15 is 0 Å². The molecule has 0 bridgehead atoms. The summed E-state index contributed by atoms with van der Waals surface area (Å²) in [7, 11) is 0. The number of nitrogens with zero attached hydrogens (tertiary/aromatic N) is 1. The van der Waals surface area contributed by atoms with Gasteiger partial charge in [-0.1, -0.05) is 24.3 Å². The number of hydrogen-bond acceptors (Lipinski definition) is 5. The Bertz CT molecular complexity index is 1300. The van der Waals surface area contributed by atoms with Crippen LogP contribution in [0.15, 0.2) is 53.3 Å². The molecule has 33 heavy (non-hydrogen) atoms. The van der Waals surface area contributed by atoms with Gasteiger partial charge in [-0.15, -0.1) is 0 Å². The summed E-state index contributed by atoms with van der Waals surface area (Å²) in [5.41, 5.74) is -0.228. The average molecular weight is 457 g/mol. The van der Waals surface area contributed by atoms with Crippen molar-refractivity contribution in [2.24, 2.45) is 0 Å². The molecule has 3 aromatic rings. The molecule has 2 heterocycles. The van der Waals surface area contributed by atoms with Crippen LogP contribution in [-0.4, -0.2) is 21.8 Å². The fourth-order valence-electron chi connectivity index (χ4n) is 3.50. The largest absolute Gasteiger partial charge is 0.416 e. The van der Waals surface area contributed by atoms with Gasteiger partial charge in [-0.25, -0.2) is 0 Å². The molecule has 0 unspecified atom stereocenters. The third kappa shape index (κ3) is 4.71. The van der Waals surface area contributed by atoms with Crippen molar-refractivity contribution in [3.05, 3.63) is 75.6 Å². The number of alkyl halides is 3. The second-order valence-electron chi connectivity index (χ2n) is 7.49. The van der Waals surface area contributed by atoms with Gasteiger partial charge in [-0.3, -0.25) is 19.4 Å². The zero-order chi connectivity index (χ0) is 23.8. The maximum atomic E-state index is 13.0. The molecule has 1 aliphatic heterocycles. The summed E-state index contributed by atoms with van der Waals surface area (Å²) in [6.07, 6.45) is -4.80. The molecule has 1 aromatic heterocycles. The lowest BCUT2D eigenvalue weighted by Gasteiger charge is -2.24. The van der Waals surface area contributed by atoms with Crippen molar-refractivity contribution in [3.63, 3.8) is 0 Å². The van der Waals surface area contributed by atoms with Crippen molar-refractivity contribution >= 4 is 35.0 Å². The second kappa shape index (κ2) is 8.41. The Labute approximate surface area is 185 Å². The highest BCUT2D eigenvalue weighted by Crippen LogP contribution is 2.32. The normalized spacial score (nSPS) is 15.4. The highest BCUT2D eigenvalue weighted by atomic mass is 19.4. The molecule has 8 nitrogen and oxygen atoms in total. The minimum Gasteiger partial charge on any atom is -0.326 e. The Kier molecular flexibility index (Phi) is 5.62. The number of carbonyl (C=O) groups excluding carboxylic acids is 2. The van der Waals surface area contributed by atoms with Crippen molar-refractivity contribution in [2.45, 2.75) is 25.4 Å². The van der Waals surface area contributed by atoms with Crippen LogP contribution in [0.5, 0.6) is 0 Å². The van der Waals surface area contributed by atoms with Crippen LogP contribution < -0.4 is 21.5 Å². The minimum atomic E-state index is -4.54. The minimum absolute atomic E-state index is 0.0314. The Balaban J connectivity index is 1.64. The molecule has 11 heteroatoms. The van der Waals surface area contributed by atoms with Crippen LogP contribution in [0.25, 0.3) is 0 Å². The summed E-state index contributed by atoms with van der Waals surface area (Å²) >= 11 is 0. The Hall–Kier alpha value is -4.15. The van der Waals surface area contributed by atoms with Crippen molar-refractivity contribution in [1.29, 1.82) is 0 Å². The first-order valence-corrected chi connectivity index (χ1v) is 9.86. The van der Waals surface area contributed by atoms with E-state index < -0.39 is 35.0 Å². The Morgan fingerprint density at radius 3 is 2.61 bits per heavy atom. The lowest BCUT2D eigenvalue weighted by atomic mass is 9.92. The van der Waals surface area contributed by atoms with Crippen LogP contribution in [0.3, 0.4) is 0 Å². The van der Waals surface area contributed by atoms with Crippen molar-refractivity contribution < 1.29 is 22.8 Å². The molecule has 0 aliphatic carbocycles. The molecule has 0 saturated heterocycles. The molecule has 1 atom stereocenters. The number of halogens is 3. The maximum absolute atomic E-state index is 13.0. The predicted octanol–water partition coefficient (Wildman–Crippen LogP) is 3.91. The smallest absolute Gasteiger partial charge is 0.326 e. The number of amides is 2. The van der Waals surface area contributed by atoms with E-state index in [1.807, 2.05) is 6.07 Å². The SMILES string of the molecule is Cc1ccccc1NC(=O)[C@H]1CC(=O)Nc2nc(Nc3cccc(C(F)(F)F)c3)[nH]c(=O)c21. The van der Waals surface area contributed by atoms with Crippen LogP contribution in [-0.2, 0) is 15.8 Å². The van der Waals surface area contributed by atoms with Crippen molar-refractivity contribution in [3.8, 4) is 0 Å². The van der Waals surface area contributed by atoms with Gasteiger partial charge in [0.05, 0.1) is 17.0 Å². The third-order valence-electron chi connectivity index (χ3n) is 5.12. The second-order valence-corrected chi connectivity index (χ2v) is 7.49. The molecule has 1 aliphatic rings. The molecule has 0 saturated carbocycles.